The predicted molar refractivity (Wildman–Crippen MR) is 86.2 cm³/mol. The summed E-state index contributed by atoms with van der Waals surface area (Å²) in [5, 5.41) is 9.05. The number of benzene rings is 1. The fraction of sp³-hybridized carbons (Fsp3) is 0.412. The Morgan fingerprint density at radius 3 is 2.55 bits per heavy atom. The minimum Gasteiger partial charge on any atom is -0.480 e. The molecule has 1 N–H and O–H groups in total. The van der Waals surface area contributed by atoms with E-state index in [4.69, 9.17) is 5.11 Å². The molecular weight excluding hydrogens is 278 g/mol. The Hall–Kier alpha value is -2.14. The highest BCUT2D eigenvalue weighted by molar-refractivity contribution is 5.69. The van der Waals surface area contributed by atoms with E-state index in [0.717, 1.165) is 30.0 Å². The fourth-order valence-corrected chi connectivity index (χ4v) is 2.65. The number of aromatic nitrogens is 2. The standard InChI is InChI=1S/C17H23N3O2/c1-4-10-19(12-17(21)22)13(2)15-5-7-16(8-6-15)20-11-9-18-14(20)3/h5-9,11,13H,4,10,12H2,1-3H3,(H,21,22). The third-order valence-electron chi connectivity index (χ3n) is 3.88. The molecule has 0 saturated carbocycles. The number of hydrogen-bond donors (Lipinski definition) is 1. The number of carbonyl (C=O) groups is 1. The summed E-state index contributed by atoms with van der Waals surface area (Å²) in [4.78, 5) is 17.2. The maximum absolute atomic E-state index is 11.0. The van der Waals surface area contributed by atoms with Crippen LogP contribution in [0.3, 0.4) is 0 Å². The molecule has 1 aromatic heterocycles. The van der Waals surface area contributed by atoms with E-state index in [1.807, 2.05) is 34.7 Å². The van der Waals surface area contributed by atoms with Gasteiger partial charge in [0.2, 0.25) is 0 Å². The first-order valence-corrected chi connectivity index (χ1v) is 7.59. The molecule has 5 heteroatoms. The van der Waals surface area contributed by atoms with Crippen LogP contribution in [0, 0.1) is 6.92 Å². The zero-order valence-electron chi connectivity index (χ0n) is 13.4. The van der Waals surface area contributed by atoms with Crippen molar-refractivity contribution >= 4 is 5.97 Å². The first-order valence-electron chi connectivity index (χ1n) is 7.59. The average molecular weight is 301 g/mol. The SMILES string of the molecule is CCCN(CC(=O)O)C(C)c1ccc(-n2ccnc2C)cc1. The Balaban J connectivity index is 2.17. The minimum atomic E-state index is -0.786. The summed E-state index contributed by atoms with van der Waals surface area (Å²) in [5.74, 6) is 0.158. The lowest BCUT2D eigenvalue weighted by atomic mass is 10.1. The molecule has 2 aromatic rings. The first kappa shape index (κ1) is 16.2. The smallest absolute Gasteiger partial charge is 0.317 e. The van der Waals surface area contributed by atoms with Gasteiger partial charge in [-0.25, -0.2) is 4.98 Å². The van der Waals surface area contributed by atoms with Crippen LogP contribution >= 0.6 is 0 Å². The summed E-state index contributed by atoms with van der Waals surface area (Å²) in [6.45, 7) is 6.92. The molecule has 0 aliphatic rings. The summed E-state index contributed by atoms with van der Waals surface area (Å²) in [7, 11) is 0. The molecule has 1 aromatic carbocycles. The maximum Gasteiger partial charge on any atom is 0.317 e. The normalized spacial score (nSPS) is 12.5. The molecule has 0 saturated heterocycles. The summed E-state index contributed by atoms with van der Waals surface area (Å²) >= 11 is 0. The molecule has 0 aliphatic heterocycles. The molecule has 1 unspecified atom stereocenters. The van der Waals surface area contributed by atoms with Gasteiger partial charge < -0.3 is 9.67 Å². The molecule has 0 aliphatic carbocycles. The highest BCUT2D eigenvalue weighted by atomic mass is 16.4. The number of carboxylic acid groups (broad SMARTS) is 1. The van der Waals surface area contributed by atoms with Gasteiger partial charge in [-0.05, 0) is 44.5 Å². The van der Waals surface area contributed by atoms with E-state index in [9.17, 15) is 4.79 Å². The maximum atomic E-state index is 11.0. The van der Waals surface area contributed by atoms with Crippen molar-refractivity contribution in [2.24, 2.45) is 0 Å². The van der Waals surface area contributed by atoms with Gasteiger partial charge in [0.25, 0.3) is 0 Å². The molecule has 0 radical (unpaired) electrons. The molecule has 118 valence electrons. The number of nitrogens with zero attached hydrogens (tertiary/aromatic N) is 3. The van der Waals surface area contributed by atoms with E-state index < -0.39 is 5.97 Å². The second-order valence-corrected chi connectivity index (χ2v) is 5.48. The zero-order chi connectivity index (χ0) is 16.1. The fourth-order valence-electron chi connectivity index (χ4n) is 2.65. The molecule has 1 heterocycles. The lowest BCUT2D eigenvalue weighted by Gasteiger charge is -2.27. The summed E-state index contributed by atoms with van der Waals surface area (Å²) in [6, 6.07) is 8.29. The number of aliphatic carboxylic acids is 1. The Morgan fingerprint density at radius 2 is 2.05 bits per heavy atom. The van der Waals surface area contributed by atoms with Crippen molar-refractivity contribution in [1.82, 2.24) is 14.5 Å². The van der Waals surface area contributed by atoms with Crippen LogP contribution in [0.15, 0.2) is 36.7 Å². The van der Waals surface area contributed by atoms with Crippen LogP contribution in [0.5, 0.6) is 0 Å². The van der Waals surface area contributed by atoms with Crippen LogP contribution in [0.4, 0.5) is 0 Å². The largest absolute Gasteiger partial charge is 0.480 e. The van der Waals surface area contributed by atoms with E-state index in [1.165, 1.54) is 0 Å². The van der Waals surface area contributed by atoms with Crippen molar-refractivity contribution in [1.29, 1.82) is 0 Å². The number of aryl methyl sites for hydroxylation is 1. The highest BCUT2D eigenvalue weighted by Gasteiger charge is 2.17. The van der Waals surface area contributed by atoms with Gasteiger partial charge in [-0.1, -0.05) is 19.1 Å². The van der Waals surface area contributed by atoms with E-state index in [0.29, 0.717) is 0 Å². The Morgan fingerprint density at radius 1 is 1.36 bits per heavy atom. The topological polar surface area (TPSA) is 58.4 Å². The van der Waals surface area contributed by atoms with Gasteiger partial charge in [0.05, 0.1) is 6.54 Å². The lowest BCUT2D eigenvalue weighted by Crippen LogP contribution is -2.33. The predicted octanol–water partition coefficient (Wildman–Crippen LogP) is 3.04. The second kappa shape index (κ2) is 7.22. The summed E-state index contributed by atoms with van der Waals surface area (Å²) < 4.78 is 2.02. The third kappa shape index (κ3) is 3.74. The van der Waals surface area contributed by atoms with Crippen molar-refractivity contribution in [2.45, 2.75) is 33.2 Å². The quantitative estimate of drug-likeness (QED) is 0.854. The molecule has 0 amide bonds. The van der Waals surface area contributed by atoms with Crippen LogP contribution < -0.4 is 0 Å². The average Bonchev–Trinajstić information content (AvgIpc) is 2.92. The molecular formula is C17H23N3O2. The van der Waals surface area contributed by atoms with Crippen molar-refractivity contribution in [3.63, 3.8) is 0 Å². The number of hydrogen-bond acceptors (Lipinski definition) is 3. The second-order valence-electron chi connectivity index (χ2n) is 5.48. The summed E-state index contributed by atoms with van der Waals surface area (Å²) in [6.07, 6.45) is 4.65. The molecule has 0 fully saturated rings. The Kier molecular flexibility index (Phi) is 5.33. The number of carboxylic acids is 1. The van der Waals surface area contributed by atoms with Crippen molar-refractivity contribution < 1.29 is 9.90 Å². The zero-order valence-corrected chi connectivity index (χ0v) is 13.4. The van der Waals surface area contributed by atoms with Crippen molar-refractivity contribution in [3.05, 3.63) is 48.0 Å². The van der Waals surface area contributed by atoms with Crippen molar-refractivity contribution in [2.75, 3.05) is 13.1 Å². The molecule has 2 rings (SSSR count). The lowest BCUT2D eigenvalue weighted by molar-refractivity contribution is -0.138. The van der Waals surface area contributed by atoms with Crippen LogP contribution in [-0.4, -0.2) is 38.6 Å². The third-order valence-corrected chi connectivity index (χ3v) is 3.88. The van der Waals surface area contributed by atoms with Crippen LogP contribution in [0.25, 0.3) is 5.69 Å². The highest BCUT2D eigenvalue weighted by Crippen LogP contribution is 2.22. The first-order chi connectivity index (χ1) is 10.5. The van der Waals surface area contributed by atoms with Gasteiger partial charge in [-0.15, -0.1) is 0 Å². The van der Waals surface area contributed by atoms with Crippen LogP contribution in [0.1, 0.15) is 37.7 Å². The van der Waals surface area contributed by atoms with E-state index in [-0.39, 0.29) is 12.6 Å². The van der Waals surface area contributed by atoms with Gasteiger partial charge in [0, 0.05) is 24.1 Å². The number of rotatable bonds is 7. The molecule has 22 heavy (non-hydrogen) atoms. The Bertz CT molecular complexity index is 619. The monoisotopic (exact) mass is 301 g/mol. The van der Waals surface area contributed by atoms with Gasteiger partial charge in [0.15, 0.2) is 0 Å². The van der Waals surface area contributed by atoms with E-state index in [2.05, 4.69) is 31.0 Å². The Labute approximate surface area is 131 Å². The van der Waals surface area contributed by atoms with E-state index in [1.54, 1.807) is 6.20 Å². The summed E-state index contributed by atoms with van der Waals surface area (Å²) in [5.41, 5.74) is 2.18. The van der Waals surface area contributed by atoms with Crippen LogP contribution in [-0.2, 0) is 4.79 Å². The van der Waals surface area contributed by atoms with Gasteiger partial charge in [-0.2, -0.15) is 0 Å². The van der Waals surface area contributed by atoms with Gasteiger partial charge in [0.1, 0.15) is 5.82 Å². The molecule has 5 nitrogen and oxygen atoms in total. The molecule has 1 atom stereocenters. The van der Waals surface area contributed by atoms with Crippen molar-refractivity contribution in [3.8, 4) is 5.69 Å². The van der Waals surface area contributed by atoms with Gasteiger partial charge in [-0.3, -0.25) is 9.69 Å². The molecule has 0 bridgehead atoms. The van der Waals surface area contributed by atoms with Crippen LogP contribution in [0.2, 0.25) is 0 Å². The molecule has 0 spiro atoms. The minimum absolute atomic E-state index is 0.0669. The van der Waals surface area contributed by atoms with E-state index >= 15 is 0 Å². The number of imidazole rings is 1. The van der Waals surface area contributed by atoms with Gasteiger partial charge >= 0.3 is 5.97 Å².